The molecule has 0 spiro atoms. The van der Waals surface area contributed by atoms with Crippen LogP contribution in [0.1, 0.15) is 12.6 Å². The van der Waals surface area contributed by atoms with E-state index < -0.39 is 38.5 Å². The van der Waals surface area contributed by atoms with Gasteiger partial charge in [-0.05, 0) is 18.0 Å². The van der Waals surface area contributed by atoms with Crippen LogP contribution in [0.5, 0.6) is 0 Å². The Morgan fingerprint density at radius 1 is 1.33 bits per heavy atom. The van der Waals surface area contributed by atoms with Crippen molar-refractivity contribution in [2.24, 2.45) is 0 Å². The second kappa shape index (κ2) is 8.61. The third-order valence-corrected chi connectivity index (χ3v) is 5.50. The number of nitrogens with one attached hydrogen (secondary N) is 1. The lowest BCUT2D eigenvalue weighted by atomic mass is 10.1. The van der Waals surface area contributed by atoms with E-state index in [1.54, 1.807) is 0 Å². The summed E-state index contributed by atoms with van der Waals surface area (Å²) in [5.74, 6) is 0.460. The summed E-state index contributed by atoms with van der Waals surface area (Å²) in [6.45, 7) is 0.845. The molecule has 0 bridgehead atoms. The number of aliphatic hydroxyl groups is 2. The van der Waals surface area contributed by atoms with Gasteiger partial charge in [0.05, 0.1) is 30.8 Å². The van der Waals surface area contributed by atoms with Crippen LogP contribution in [0, 0.1) is 0 Å². The number of aliphatic hydroxyl groups excluding tert-OH is 2. The molecule has 0 aromatic carbocycles. The minimum Gasteiger partial charge on any atom is -0.387 e. The standard InChI is InChI=1S/C15H21ClN5O8P/c16-15-19-12(18-7-1-2-27-4-7)8-3-17-21(13(8)20-15)14-11(23)10(22)9(29-14)5-28-6-30(24,25)26/h3,7,9-11,14,22-23H,1-2,4-6H2,(H,18,19,20)(H2,24,25,26)/t7?,9-,10-,11-,14-/m1/s1. The quantitative estimate of drug-likeness (QED) is 0.260. The van der Waals surface area contributed by atoms with Crippen molar-refractivity contribution in [3.63, 3.8) is 0 Å². The molecule has 2 aromatic rings. The van der Waals surface area contributed by atoms with Gasteiger partial charge in [0.2, 0.25) is 5.28 Å². The zero-order chi connectivity index (χ0) is 21.5. The van der Waals surface area contributed by atoms with E-state index in [4.69, 9.17) is 35.6 Å². The first-order chi connectivity index (χ1) is 14.2. The Balaban J connectivity index is 1.55. The van der Waals surface area contributed by atoms with Gasteiger partial charge in [-0.25, -0.2) is 4.68 Å². The summed E-state index contributed by atoms with van der Waals surface area (Å²) in [7, 11) is -4.36. The van der Waals surface area contributed by atoms with Crippen molar-refractivity contribution in [1.82, 2.24) is 19.7 Å². The molecule has 0 aliphatic carbocycles. The van der Waals surface area contributed by atoms with E-state index in [1.807, 2.05) is 0 Å². The molecule has 2 aliphatic heterocycles. The van der Waals surface area contributed by atoms with Crippen LogP contribution in [-0.4, -0.2) is 90.3 Å². The molecule has 4 heterocycles. The van der Waals surface area contributed by atoms with Crippen LogP contribution >= 0.6 is 19.2 Å². The highest BCUT2D eigenvalue weighted by Gasteiger charge is 2.45. The third kappa shape index (κ3) is 4.59. The summed E-state index contributed by atoms with van der Waals surface area (Å²) in [4.78, 5) is 26.1. The number of aromatic nitrogens is 4. The summed E-state index contributed by atoms with van der Waals surface area (Å²) in [5, 5.41) is 28.6. The summed E-state index contributed by atoms with van der Waals surface area (Å²) in [6, 6.07) is 0.0632. The number of nitrogens with zero attached hydrogens (tertiary/aromatic N) is 4. The predicted molar refractivity (Wildman–Crippen MR) is 102 cm³/mol. The minimum absolute atomic E-state index is 0.0415. The van der Waals surface area contributed by atoms with Crippen molar-refractivity contribution in [2.75, 3.05) is 31.5 Å². The molecule has 2 aromatic heterocycles. The fourth-order valence-corrected chi connectivity index (χ4v) is 3.90. The first kappa shape index (κ1) is 21.8. The Labute approximate surface area is 175 Å². The maximum atomic E-state index is 10.9. The number of halogens is 1. The molecule has 2 aliphatic rings. The van der Waals surface area contributed by atoms with E-state index in [2.05, 4.69) is 20.4 Å². The monoisotopic (exact) mass is 465 g/mol. The van der Waals surface area contributed by atoms with Crippen molar-refractivity contribution in [1.29, 1.82) is 0 Å². The Morgan fingerprint density at radius 2 is 2.13 bits per heavy atom. The average molecular weight is 466 g/mol. The van der Waals surface area contributed by atoms with E-state index in [0.29, 0.717) is 24.4 Å². The molecule has 2 fully saturated rings. The fraction of sp³-hybridized carbons (Fsp3) is 0.667. The molecule has 0 amide bonds. The van der Waals surface area contributed by atoms with E-state index in [9.17, 15) is 14.8 Å². The number of anilines is 1. The Kier molecular flexibility index (Phi) is 6.26. The topological polar surface area (TPSA) is 181 Å². The summed E-state index contributed by atoms with van der Waals surface area (Å²) < 4.78 is 28.1. The fourth-order valence-electron chi connectivity index (χ4n) is 3.39. The molecule has 0 saturated carbocycles. The van der Waals surface area contributed by atoms with Gasteiger partial charge in [-0.1, -0.05) is 0 Å². The highest BCUT2D eigenvalue weighted by molar-refractivity contribution is 7.51. The lowest BCUT2D eigenvalue weighted by Gasteiger charge is -2.16. The first-order valence-corrected chi connectivity index (χ1v) is 11.3. The van der Waals surface area contributed by atoms with Crippen LogP contribution in [0.4, 0.5) is 5.82 Å². The van der Waals surface area contributed by atoms with E-state index in [-0.39, 0.29) is 23.6 Å². The van der Waals surface area contributed by atoms with E-state index in [0.717, 1.165) is 6.42 Å². The van der Waals surface area contributed by atoms with Gasteiger partial charge in [0, 0.05) is 6.61 Å². The second-order valence-corrected chi connectivity index (χ2v) is 9.01. The zero-order valence-electron chi connectivity index (χ0n) is 15.5. The maximum Gasteiger partial charge on any atom is 0.350 e. The number of hydrogen-bond acceptors (Lipinski definition) is 10. The van der Waals surface area contributed by atoms with E-state index in [1.165, 1.54) is 10.9 Å². The highest BCUT2D eigenvalue weighted by Crippen LogP contribution is 2.36. The molecule has 4 rings (SSSR count). The van der Waals surface area contributed by atoms with Gasteiger partial charge in [0.25, 0.3) is 0 Å². The van der Waals surface area contributed by atoms with Gasteiger partial charge in [-0.15, -0.1) is 0 Å². The van der Waals surface area contributed by atoms with Gasteiger partial charge >= 0.3 is 7.60 Å². The number of fused-ring (bicyclic) bond motifs is 1. The molecule has 2 saturated heterocycles. The summed E-state index contributed by atoms with van der Waals surface area (Å²) in [6.07, 6.45) is -3.42. The van der Waals surface area contributed by atoms with Crippen molar-refractivity contribution < 1.29 is 38.8 Å². The average Bonchev–Trinajstić information content (AvgIpc) is 3.37. The molecule has 15 heteroatoms. The Hall–Kier alpha value is -1.41. The molecule has 5 atom stereocenters. The smallest absolute Gasteiger partial charge is 0.350 e. The second-order valence-electron chi connectivity index (χ2n) is 7.08. The molecule has 1 unspecified atom stereocenters. The number of rotatable bonds is 7. The van der Waals surface area contributed by atoms with Crippen LogP contribution in [0.2, 0.25) is 5.28 Å². The van der Waals surface area contributed by atoms with Crippen LogP contribution in [0.25, 0.3) is 11.0 Å². The SMILES string of the molecule is O=P(O)(O)COC[C@H]1O[C@@H](n2ncc3c(NC4CCOC4)nc(Cl)nc32)[C@H](O)[C@@H]1O. The van der Waals surface area contributed by atoms with Crippen LogP contribution < -0.4 is 5.32 Å². The number of ether oxygens (including phenoxy) is 3. The van der Waals surface area contributed by atoms with Crippen molar-refractivity contribution >= 4 is 36.0 Å². The highest BCUT2D eigenvalue weighted by atomic mass is 35.5. The molecular formula is C15H21ClN5O8P. The minimum atomic E-state index is -4.36. The van der Waals surface area contributed by atoms with Gasteiger partial charge in [-0.2, -0.15) is 15.1 Å². The molecule has 0 radical (unpaired) electrons. The van der Waals surface area contributed by atoms with Crippen molar-refractivity contribution in [3.8, 4) is 0 Å². The Morgan fingerprint density at radius 3 is 2.83 bits per heavy atom. The summed E-state index contributed by atoms with van der Waals surface area (Å²) in [5.41, 5.74) is 0.282. The lowest BCUT2D eigenvalue weighted by Crippen LogP contribution is -2.34. The summed E-state index contributed by atoms with van der Waals surface area (Å²) >= 11 is 6.07. The van der Waals surface area contributed by atoms with E-state index >= 15 is 0 Å². The third-order valence-electron chi connectivity index (χ3n) is 4.82. The van der Waals surface area contributed by atoms with Crippen LogP contribution in [-0.2, 0) is 18.8 Å². The molecule has 13 nitrogen and oxygen atoms in total. The first-order valence-electron chi connectivity index (χ1n) is 9.12. The van der Waals surface area contributed by atoms with Gasteiger partial charge < -0.3 is 39.5 Å². The van der Waals surface area contributed by atoms with Gasteiger partial charge in [-0.3, -0.25) is 4.57 Å². The normalized spacial score (nSPS) is 29.7. The van der Waals surface area contributed by atoms with Gasteiger partial charge in [0.15, 0.2) is 11.9 Å². The predicted octanol–water partition coefficient (Wildman–Crippen LogP) is -0.549. The van der Waals surface area contributed by atoms with Gasteiger partial charge in [0.1, 0.15) is 30.5 Å². The largest absolute Gasteiger partial charge is 0.387 e. The molecular weight excluding hydrogens is 445 g/mol. The molecule has 5 N–H and O–H groups in total. The molecule has 30 heavy (non-hydrogen) atoms. The van der Waals surface area contributed by atoms with Crippen LogP contribution in [0.3, 0.4) is 0 Å². The molecule has 166 valence electrons. The maximum absolute atomic E-state index is 10.9. The van der Waals surface area contributed by atoms with Crippen molar-refractivity contribution in [3.05, 3.63) is 11.5 Å². The van der Waals surface area contributed by atoms with Crippen LogP contribution in [0.15, 0.2) is 6.20 Å². The van der Waals surface area contributed by atoms with Crippen molar-refractivity contribution in [2.45, 2.75) is 37.0 Å². The zero-order valence-corrected chi connectivity index (χ0v) is 17.2. The lowest BCUT2D eigenvalue weighted by molar-refractivity contribution is -0.0658. The Bertz CT molecular complexity index is 951. The number of hydrogen-bond donors (Lipinski definition) is 5.